The molecule has 0 saturated heterocycles. The van der Waals surface area contributed by atoms with Gasteiger partial charge in [-0.3, -0.25) is 19.0 Å². The van der Waals surface area contributed by atoms with Crippen molar-refractivity contribution in [3.8, 4) is 0 Å². The zero-order chi connectivity index (χ0) is 25.9. The van der Waals surface area contributed by atoms with Gasteiger partial charge in [-0.05, 0) is 42.0 Å². The molecule has 36 heavy (non-hydrogen) atoms. The Hall–Kier alpha value is -3.42. The first-order chi connectivity index (χ1) is 17.1. The van der Waals surface area contributed by atoms with Crippen LogP contribution in [0.2, 0.25) is 5.02 Å². The molecule has 4 rings (SSSR count). The number of anilines is 1. The maximum Gasteiger partial charge on any atom is 0.262 e. The van der Waals surface area contributed by atoms with E-state index in [1.54, 1.807) is 47.0 Å². The first kappa shape index (κ1) is 25.7. The molecule has 0 saturated carbocycles. The minimum atomic E-state index is -0.500. The van der Waals surface area contributed by atoms with E-state index in [0.717, 1.165) is 5.56 Å². The van der Waals surface area contributed by atoms with Crippen molar-refractivity contribution >= 4 is 51.6 Å². The fourth-order valence-electron chi connectivity index (χ4n) is 3.47. The second kappa shape index (κ2) is 10.7. The van der Waals surface area contributed by atoms with E-state index in [2.05, 4.69) is 5.32 Å². The fourth-order valence-corrected chi connectivity index (χ4v) is 4.82. The maximum absolute atomic E-state index is 13.5. The topological polar surface area (TPSA) is 81.1 Å². The molecule has 1 aromatic heterocycles. The Kier molecular flexibility index (Phi) is 7.62. The summed E-state index contributed by atoms with van der Waals surface area (Å²) in [5.41, 5.74) is 1.54. The Morgan fingerprint density at radius 2 is 1.75 bits per heavy atom. The number of carbonyl (C=O) groups excluding carboxylic acids is 2. The smallest absolute Gasteiger partial charge is 0.262 e. The van der Waals surface area contributed by atoms with Crippen molar-refractivity contribution in [2.75, 3.05) is 11.1 Å². The maximum atomic E-state index is 13.5. The number of rotatable bonds is 7. The average Bonchev–Trinajstić information content (AvgIpc) is 2.84. The van der Waals surface area contributed by atoms with Crippen molar-refractivity contribution in [1.82, 2.24) is 9.55 Å². The highest BCUT2D eigenvalue weighted by atomic mass is 35.5. The highest BCUT2D eigenvalue weighted by Gasteiger charge is 2.23. The van der Waals surface area contributed by atoms with Crippen molar-refractivity contribution in [2.45, 2.75) is 32.5 Å². The van der Waals surface area contributed by atoms with E-state index < -0.39 is 5.41 Å². The lowest BCUT2D eigenvalue weighted by molar-refractivity contribution is -0.123. The van der Waals surface area contributed by atoms with Crippen LogP contribution in [0.15, 0.2) is 82.7 Å². The van der Waals surface area contributed by atoms with Crippen LogP contribution in [0.25, 0.3) is 10.9 Å². The molecular formula is C28H26ClN3O3S. The number of hydrogen-bond acceptors (Lipinski definition) is 5. The Labute approximate surface area is 218 Å². The van der Waals surface area contributed by atoms with E-state index in [-0.39, 0.29) is 23.0 Å². The van der Waals surface area contributed by atoms with Crippen molar-refractivity contribution in [3.05, 3.63) is 99.3 Å². The second-order valence-electron chi connectivity index (χ2n) is 9.43. The summed E-state index contributed by atoms with van der Waals surface area (Å²) in [5, 5.41) is 4.15. The molecule has 0 bridgehead atoms. The molecule has 1 amide bonds. The standard InChI is InChI=1S/C28H26ClN3O3S/c1-28(2,3)24(33)17-36-27-31-23-14-19(25(34)30-21-11-7-10-20(29)15-21)12-13-22(23)26(35)32(27)16-18-8-5-4-6-9-18/h4-15H,16-17H2,1-3H3,(H,30,34). The number of fused-ring (bicyclic) bond motifs is 1. The van der Waals surface area contributed by atoms with Gasteiger partial charge in [0.15, 0.2) is 5.16 Å². The van der Waals surface area contributed by atoms with Crippen LogP contribution in [0.4, 0.5) is 5.69 Å². The molecule has 0 radical (unpaired) electrons. The summed E-state index contributed by atoms with van der Waals surface area (Å²) in [4.78, 5) is 43.7. The van der Waals surface area contributed by atoms with E-state index in [9.17, 15) is 14.4 Å². The number of thioether (sulfide) groups is 1. The molecule has 0 fully saturated rings. The van der Waals surface area contributed by atoms with Gasteiger partial charge in [-0.15, -0.1) is 0 Å². The van der Waals surface area contributed by atoms with E-state index >= 15 is 0 Å². The summed E-state index contributed by atoms with van der Waals surface area (Å²) in [7, 11) is 0. The van der Waals surface area contributed by atoms with Crippen molar-refractivity contribution in [2.24, 2.45) is 5.41 Å². The monoisotopic (exact) mass is 519 g/mol. The van der Waals surface area contributed by atoms with Gasteiger partial charge in [0.25, 0.3) is 11.5 Å². The molecular weight excluding hydrogens is 494 g/mol. The van der Waals surface area contributed by atoms with Crippen molar-refractivity contribution in [3.63, 3.8) is 0 Å². The molecule has 0 aliphatic rings. The molecule has 1 N–H and O–H groups in total. The van der Waals surface area contributed by atoms with Crippen LogP contribution < -0.4 is 10.9 Å². The predicted octanol–water partition coefficient (Wildman–Crippen LogP) is 6.06. The summed E-state index contributed by atoms with van der Waals surface area (Å²) in [5.74, 6) is -0.0974. The van der Waals surface area contributed by atoms with Crippen LogP contribution in [0.3, 0.4) is 0 Å². The molecule has 0 unspecified atom stereocenters. The summed E-state index contributed by atoms with van der Waals surface area (Å²) in [6.45, 7) is 5.92. The van der Waals surface area contributed by atoms with Gasteiger partial charge < -0.3 is 5.32 Å². The van der Waals surface area contributed by atoms with Gasteiger partial charge in [-0.2, -0.15) is 0 Å². The fraction of sp³-hybridized carbons (Fsp3) is 0.214. The molecule has 6 nitrogen and oxygen atoms in total. The largest absolute Gasteiger partial charge is 0.322 e. The minimum Gasteiger partial charge on any atom is -0.322 e. The number of hydrogen-bond donors (Lipinski definition) is 1. The first-order valence-corrected chi connectivity index (χ1v) is 12.8. The lowest BCUT2D eigenvalue weighted by Crippen LogP contribution is -2.26. The highest BCUT2D eigenvalue weighted by Crippen LogP contribution is 2.24. The van der Waals surface area contributed by atoms with Crippen LogP contribution in [0.5, 0.6) is 0 Å². The number of Topliss-reactive ketones (excluding diaryl/α,β-unsaturated/α-hetero) is 1. The third-order valence-corrected chi connectivity index (χ3v) is 6.83. The third-order valence-electron chi connectivity index (χ3n) is 5.62. The number of halogens is 1. The SMILES string of the molecule is CC(C)(C)C(=O)CSc1nc2cc(C(=O)Nc3cccc(Cl)c3)ccc2c(=O)n1Cc1ccccc1. The van der Waals surface area contributed by atoms with Gasteiger partial charge >= 0.3 is 0 Å². The number of carbonyl (C=O) groups is 2. The molecule has 0 atom stereocenters. The van der Waals surface area contributed by atoms with E-state index in [1.807, 2.05) is 51.1 Å². The molecule has 184 valence electrons. The first-order valence-electron chi connectivity index (χ1n) is 11.4. The molecule has 4 aromatic rings. The van der Waals surface area contributed by atoms with Gasteiger partial charge in [0, 0.05) is 21.7 Å². The van der Waals surface area contributed by atoms with E-state index in [1.165, 1.54) is 11.8 Å². The molecule has 0 aliphatic heterocycles. The van der Waals surface area contributed by atoms with E-state index in [4.69, 9.17) is 16.6 Å². The predicted molar refractivity (Wildman–Crippen MR) is 146 cm³/mol. The Bertz CT molecular complexity index is 1490. The Morgan fingerprint density at radius 1 is 1.00 bits per heavy atom. The van der Waals surface area contributed by atoms with Crippen LogP contribution >= 0.6 is 23.4 Å². The van der Waals surface area contributed by atoms with Gasteiger partial charge in [0.1, 0.15) is 5.78 Å². The van der Waals surface area contributed by atoms with Gasteiger partial charge in [0.2, 0.25) is 0 Å². The van der Waals surface area contributed by atoms with Crippen molar-refractivity contribution in [1.29, 1.82) is 0 Å². The number of ketones is 1. The molecule has 0 aliphatic carbocycles. The summed E-state index contributed by atoms with van der Waals surface area (Å²) in [6, 6.07) is 21.3. The van der Waals surface area contributed by atoms with Gasteiger partial charge in [-0.1, -0.05) is 80.5 Å². The third kappa shape index (κ3) is 6.04. The number of nitrogens with one attached hydrogen (secondary N) is 1. The van der Waals surface area contributed by atoms with Crippen molar-refractivity contribution < 1.29 is 9.59 Å². The molecule has 8 heteroatoms. The molecule has 1 heterocycles. The quantitative estimate of drug-likeness (QED) is 0.237. The van der Waals surface area contributed by atoms with Gasteiger partial charge in [0.05, 0.1) is 23.2 Å². The zero-order valence-corrected chi connectivity index (χ0v) is 21.8. The number of nitrogens with zero attached hydrogens (tertiary/aromatic N) is 2. The van der Waals surface area contributed by atoms with Crippen LogP contribution in [0.1, 0.15) is 36.7 Å². The minimum absolute atomic E-state index is 0.0581. The lowest BCUT2D eigenvalue weighted by Gasteiger charge is -2.17. The van der Waals surface area contributed by atoms with E-state index in [0.29, 0.717) is 38.9 Å². The average molecular weight is 520 g/mol. The number of benzene rings is 3. The summed E-state index contributed by atoms with van der Waals surface area (Å²) >= 11 is 7.25. The Morgan fingerprint density at radius 3 is 2.44 bits per heavy atom. The van der Waals surface area contributed by atoms with Crippen LogP contribution in [0, 0.1) is 5.41 Å². The highest BCUT2D eigenvalue weighted by molar-refractivity contribution is 7.99. The van der Waals surface area contributed by atoms with Crippen LogP contribution in [-0.4, -0.2) is 27.0 Å². The molecule has 0 spiro atoms. The van der Waals surface area contributed by atoms with Gasteiger partial charge in [-0.25, -0.2) is 4.98 Å². The lowest BCUT2D eigenvalue weighted by atomic mass is 9.92. The number of amides is 1. The van der Waals surface area contributed by atoms with Crippen LogP contribution in [-0.2, 0) is 11.3 Å². The Balaban J connectivity index is 1.72. The normalized spacial score (nSPS) is 11.4. The number of aromatic nitrogens is 2. The second-order valence-corrected chi connectivity index (χ2v) is 10.8. The zero-order valence-electron chi connectivity index (χ0n) is 20.2. The molecule has 3 aromatic carbocycles. The summed E-state index contributed by atoms with van der Waals surface area (Å²) in [6.07, 6.45) is 0. The summed E-state index contributed by atoms with van der Waals surface area (Å²) < 4.78 is 1.59.